The third kappa shape index (κ3) is 5.31. The van der Waals surface area contributed by atoms with Crippen LogP contribution in [-0.4, -0.2) is 25.9 Å². The van der Waals surface area contributed by atoms with Crippen molar-refractivity contribution in [2.24, 2.45) is 0 Å². The summed E-state index contributed by atoms with van der Waals surface area (Å²) in [4.78, 5) is 16.0. The molecule has 8 heteroatoms. The quantitative estimate of drug-likeness (QED) is 0.834. The van der Waals surface area contributed by atoms with Gasteiger partial charge in [0.15, 0.2) is 0 Å². The zero-order valence-corrected chi connectivity index (χ0v) is 14.0. The molecule has 6 nitrogen and oxygen atoms in total. The second kappa shape index (κ2) is 7.54. The van der Waals surface area contributed by atoms with Gasteiger partial charge in [0.25, 0.3) is 0 Å². The van der Waals surface area contributed by atoms with Crippen LogP contribution in [0.4, 0.5) is 5.82 Å². The van der Waals surface area contributed by atoms with E-state index in [1.807, 2.05) is 13.0 Å². The fraction of sp³-hybridized carbons (Fsp3) is 0.200. The highest BCUT2D eigenvalue weighted by atomic mass is 35.5. The van der Waals surface area contributed by atoms with Crippen molar-refractivity contribution in [2.75, 3.05) is 11.9 Å². The molecule has 2 N–H and O–H groups in total. The van der Waals surface area contributed by atoms with Crippen molar-refractivity contribution in [1.82, 2.24) is 9.71 Å². The molecule has 0 saturated carbocycles. The lowest BCUT2D eigenvalue weighted by molar-refractivity contribution is -0.116. The Bertz CT molecular complexity index is 792. The summed E-state index contributed by atoms with van der Waals surface area (Å²) in [5.41, 5.74) is 0.784. The summed E-state index contributed by atoms with van der Waals surface area (Å²) in [6, 6.07) is 11.1. The molecule has 0 radical (unpaired) electrons. The van der Waals surface area contributed by atoms with E-state index in [-0.39, 0.29) is 23.8 Å². The highest BCUT2D eigenvalue weighted by Gasteiger charge is 2.14. The topological polar surface area (TPSA) is 88.2 Å². The van der Waals surface area contributed by atoms with Crippen molar-refractivity contribution in [3.05, 3.63) is 53.2 Å². The Balaban J connectivity index is 1.86. The summed E-state index contributed by atoms with van der Waals surface area (Å²) in [6.45, 7) is 1.80. The van der Waals surface area contributed by atoms with Gasteiger partial charge in [0.1, 0.15) is 5.82 Å². The standard InChI is InChI=1S/C15H16ClN3O3S/c1-11-3-2-4-14(18-11)19-15(20)9-10-17-23(21,22)13-7-5-12(16)6-8-13/h2-8,17H,9-10H2,1H3,(H,18,19,20). The maximum absolute atomic E-state index is 12.0. The number of aryl methyl sites for hydroxylation is 1. The number of pyridine rings is 1. The van der Waals surface area contributed by atoms with Gasteiger partial charge in [0.2, 0.25) is 15.9 Å². The van der Waals surface area contributed by atoms with E-state index in [1.165, 1.54) is 24.3 Å². The van der Waals surface area contributed by atoms with Crippen LogP contribution in [-0.2, 0) is 14.8 Å². The first-order valence-electron chi connectivity index (χ1n) is 6.85. The summed E-state index contributed by atoms with van der Waals surface area (Å²) < 4.78 is 26.4. The molecule has 23 heavy (non-hydrogen) atoms. The fourth-order valence-electron chi connectivity index (χ4n) is 1.81. The number of nitrogens with zero attached hydrogens (tertiary/aromatic N) is 1. The summed E-state index contributed by atoms with van der Waals surface area (Å²) in [5, 5.41) is 3.07. The first-order chi connectivity index (χ1) is 10.9. The summed E-state index contributed by atoms with van der Waals surface area (Å²) in [6.07, 6.45) is 0.00242. The molecule has 0 spiro atoms. The Morgan fingerprint density at radius 1 is 1.17 bits per heavy atom. The molecule has 1 amide bonds. The predicted octanol–water partition coefficient (Wildman–Crippen LogP) is 2.35. The summed E-state index contributed by atoms with van der Waals surface area (Å²) in [7, 11) is -3.66. The summed E-state index contributed by atoms with van der Waals surface area (Å²) in [5.74, 6) is 0.123. The Kier molecular flexibility index (Phi) is 5.70. The molecule has 0 fully saturated rings. The normalized spacial score (nSPS) is 11.2. The fourth-order valence-corrected chi connectivity index (χ4v) is 2.97. The molecular weight excluding hydrogens is 338 g/mol. The average Bonchev–Trinajstić information content (AvgIpc) is 2.47. The van der Waals surface area contributed by atoms with Crippen molar-refractivity contribution in [3.63, 3.8) is 0 Å². The Morgan fingerprint density at radius 3 is 2.52 bits per heavy atom. The van der Waals surface area contributed by atoms with Crippen molar-refractivity contribution in [2.45, 2.75) is 18.2 Å². The number of hydrogen-bond donors (Lipinski definition) is 2. The molecule has 1 aromatic heterocycles. The number of benzene rings is 1. The van der Waals surface area contributed by atoms with Gasteiger partial charge in [-0.2, -0.15) is 0 Å². The van der Waals surface area contributed by atoms with E-state index in [2.05, 4.69) is 15.0 Å². The number of rotatable bonds is 6. The van der Waals surface area contributed by atoms with E-state index in [1.54, 1.807) is 12.1 Å². The zero-order valence-electron chi connectivity index (χ0n) is 12.4. The van der Waals surface area contributed by atoms with E-state index in [0.717, 1.165) is 5.69 Å². The summed E-state index contributed by atoms with van der Waals surface area (Å²) >= 11 is 5.72. The molecule has 2 rings (SSSR count). The Hall–Kier alpha value is -1.96. The first kappa shape index (κ1) is 17.4. The maximum atomic E-state index is 12.0. The van der Waals surface area contributed by atoms with E-state index in [0.29, 0.717) is 10.8 Å². The van der Waals surface area contributed by atoms with Gasteiger partial charge in [0.05, 0.1) is 4.90 Å². The first-order valence-corrected chi connectivity index (χ1v) is 8.72. The third-order valence-electron chi connectivity index (χ3n) is 2.92. The van der Waals surface area contributed by atoms with E-state index in [4.69, 9.17) is 11.6 Å². The molecule has 0 bridgehead atoms. The SMILES string of the molecule is Cc1cccc(NC(=O)CCNS(=O)(=O)c2ccc(Cl)cc2)n1. The molecule has 0 aliphatic carbocycles. The van der Waals surface area contributed by atoms with E-state index >= 15 is 0 Å². The highest BCUT2D eigenvalue weighted by molar-refractivity contribution is 7.89. The largest absolute Gasteiger partial charge is 0.311 e. The van der Waals surface area contributed by atoms with E-state index in [9.17, 15) is 13.2 Å². The molecule has 1 heterocycles. The number of hydrogen-bond acceptors (Lipinski definition) is 4. The van der Waals surface area contributed by atoms with Gasteiger partial charge in [-0.05, 0) is 43.3 Å². The third-order valence-corrected chi connectivity index (χ3v) is 4.65. The molecule has 0 atom stereocenters. The van der Waals surface area contributed by atoms with Crippen LogP contribution in [0.25, 0.3) is 0 Å². The van der Waals surface area contributed by atoms with Crippen molar-refractivity contribution in [3.8, 4) is 0 Å². The number of carbonyl (C=O) groups excluding carboxylic acids is 1. The maximum Gasteiger partial charge on any atom is 0.240 e. The van der Waals surface area contributed by atoms with Gasteiger partial charge >= 0.3 is 0 Å². The van der Waals surface area contributed by atoms with Crippen molar-refractivity contribution < 1.29 is 13.2 Å². The molecular formula is C15H16ClN3O3S. The lowest BCUT2D eigenvalue weighted by Gasteiger charge is -2.07. The van der Waals surface area contributed by atoms with Crippen LogP contribution in [0.1, 0.15) is 12.1 Å². The molecule has 0 saturated heterocycles. The molecule has 0 unspecified atom stereocenters. The van der Waals surface area contributed by atoms with Gasteiger partial charge in [-0.3, -0.25) is 4.79 Å². The van der Waals surface area contributed by atoms with Crippen LogP contribution in [0.15, 0.2) is 47.4 Å². The molecule has 2 aromatic rings. The Morgan fingerprint density at radius 2 is 1.87 bits per heavy atom. The van der Waals surface area contributed by atoms with Gasteiger partial charge in [-0.15, -0.1) is 0 Å². The smallest absolute Gasteiger partial charge is 0.240 e. The number of sulfonamides is 1. The van der Waals surface area contributed by atoms with Gasteiger partial charge < -0.3 is 5.32 Å². The van der Waals surface area contributed by atoms with Crippen LogP contribution in [0.5, 0.6) is 0 Å². The van der Waals surface area contributed by atoms with Crippen LogP contribution in [0.3, 0.4) is 0 Å². The lowest BCUT2D eigenvalue weighted by Crippen LogP contribution is -2.28. The van der Waals surface area contributed by atoms with Crippen LogP contribution in [0.2, 0.25) is 5.02 Å². The minimum Gasteiger partial charge on any atom is -0.311 e. The van der Waals surface area contributed by atoms with Crippen LogP contribution in [0, 0.1) is 6.92 Å². The van der Waals surface area contributed by atoms with Crippen molar-refractivity contribution >= 4 is 33.3 Å². The number of anilines is 1. The molecule has 0 aliphatic heterocycles. The second-order valence-corrected chi connectivity index (χ2v) is 7.02. The van der Waals surface area contributed by atoms with Gasteiger partial charge in [-0.1, -0.05) is 17.7 Å². The molecule has 0 aliphatic rings. The number of aromatic nitrogens is 1. The number of amides is 1. The highest BCUT2D eigenvalue weighted by Crippen LogP contribution is 2.13. The predicted molar refractivity (Wildman–Crippen MR) is 88.9 cm³/mol. The zero-order chi connectivity index (χ0) is 16.9. The number of nitrogens with one attached hydrogen (secondary N) is 2. The van der Waals surface area contributed by atoms with Crippen LogP contribution >= 0.6 is 11.6 Å². The second-order valence-electron chi connectivity index (χ2n) is 4.81. The van der Waals surface area contributed by atoms with Gasteiger partial charge in [0, 0.05) is 23.7 Å². The van der Waals surface area contributed by atoms with E-state index < -0.39 is 10.0 Å². The minimum atomic E-state index is -3.66. The average molecular weight is 354 g/mol. The molecule has 122 valence electrons. The number of halogens is 1. The van der Waals surface area contributed by atoms with Crippen molar-refractivity contribution in [1.29, 1.82) is 0 Å². The minimum absolute atomic E-state index is 0.00242. The van der Waals surface area contributed by atoms with Gasteiger partial charge in [-0.25, -0.2) is 18.1 Å². The molecule has 1 aromatic carbocycles. The monoisotopic (exact) mass is 353 g/mol. The van der Waals surface area contributed by atoms with Crippen LogP contribution < -0.4 is 10.0 Å². The Labute approximate surface area is 139 Å². The number of carbonyl (C=O) groups is 1. The lowest BCUT2D eigenvalue weighted by atomic mass is 10.3.